The van der Waals surface area contributed by atoms with Crippen molar-refractivity contribution in [2.45, 2.75) is 6.04 Å². The summed E-state index contributed by atoms with van der Waals surface area (Å²) in [5, 5.41) is 0. The molecule has 1 unspecified atom stereocenters. The van der Waals surface area contributed by atoms with Crippen LogP contribution >= 0.6 is 0 Å². The third kappa shape index (κ3) is 1.68. The normalized spacial score (nSPS) is 17.8. The van der Waals surface area contributed by atoms with E-state index in [0.29, 0.717) is 18.1 Å². The first-order chi connectivity index (χ1) is 7.81. The van der Waals surface area contributed by atoms with Crippen molar-refractivity contribution in [2.24, 2.45) is 0 Å². The lowest BCUT2D eigenvalue weighted by Crippen LogP contribution is -2.20. The minimum Gasteiger partial charge on any atom is -0.493 e. The molecule has 0 fully saturated rings. The van der Waals surface area contributed by atoms with Crippen molar-refractivity contribution < 1.29 is 19.0 Å². The largest absolute Gasteiger partial charge is 0.493 e. The number of ether oxygens (including phenoxy) is 3. The molecule has 0 radical (unpaired) electrons. The Labute approximate surface area is 94.2 Å². The van der Waals surface area contributed by atoms with Gasteiger partial charge in [-0.15, -0.1) is 0 Å². The maximum absolute atomic E-state index is 5.58. The Bertz CT molecular complexity index is 380. The highest BCUT2D eigenvalue weighted by atomic mass is 16.6. The predicted octanol–water partition coefficient (Wildman–Crippen LogP) is 1.29. The molecule has 5 nitrogen and oxygen atoms in total. The van der Waals surface area contributed by atoms with E-state index in [-0.39, 0.29) is 6.04 Å². The van der Waals surface area contributed by atoms with E-state index in [1.165, 1.54) is 0 Å². The van der Waals surface area contributed by atoms with Gasteiger partial charge in [-0.05, 0) is 12.1 Å². The zero-order valence-corrected chi connectivity index (χ0v) is 9.57. The summed E-state index contributed by atoms with van der Waals surface area (Å²) in [7, 11) is 4.78. The minimum absolute atomic E-state index is 0.0276. The van der Waals surface area contributed by atoms with Crippen LogP contribution in [0.1, 0.15) is 11.6 Å². The summed E-state index contributed by atoms with van der Waals surface area (Å²) in [4.78, 5) is 4.91. The monoisotopic (exact) mass is 225 g/mol. The molecule has 0 spiro atoms. The van der Waals surface area contributed by atoms with E-state index in [1.807, 2.05) is 12.1 Å². The number of rotatable bonds is 4. The number of fused-ring (bicyclic) bond motifs is 1. The second-order valence-corrected chi connectivity index (χ2v) is 3.40. The molecule has 0 aliphatic carbocycles. The Balaban J connectivity index is 2.39. The Hall–Kier alpha value is -1.46. The van der Waals surface area contributed by atoms with Crippen LogP contribution in [0.4, 0.5) is 0 Å². The fraction of sp³-hybridized carbons (Fsp3) is 0.455. The van der Waals surface area contributed by atoms with Gasteiger partial charge in [0.25, 0.3) is 0 Å². The Morgan fingerprint density at radius 1 is 1.25 bits per heavy atom. The first kappa shape index (κ1) is 11.0. The van der Waals surface area contributed by atoms with Crippen molar-refractivity contribution in [1.82, 2.24) is 5.48 Å². The Kier molecular flexibility index (Phi) is 3.17. The van der Waals surface area contributed by atoms with Gasteiger partial charge in [-0.2, -0.15) is 5.48 Å². The maximum atomic E-state index is 5.58. The molecular weight excluding hydrogens is 210 g/mol. The fourth-order valence-electron chi connectivity index (χ4n) is 1.83. The van der Waals surface area contributed by atoms with Gasteiger partial charge in [0.1, 0.15) is 6.61 Å². The van der Waals surface area contributed by atoms with Gasteiger partial charge in [0, 0.05) is 5.56 Å². The fourth-order valence-corrected chi connectivity index (χ4v) is 1.83. The Morgan fingerprint density at radius 2 is 2.06 bits per heavy atom. The van der Waals surface area contributed by atoms with Crippen molar-refractivity contribution in [3.8, 4) is 17.2 Å². The summed E-state index contributed by atoms with van der Waals surface area (Å²) in [6.07, 6.45) is 0. The third-order valence-corrected chi connectivity index (χ3v) is 2.56. The van der Waals surface area contributed by atoms with Crippen molar-refractivity contribution in [3.63, 3.8) is 0 Å². The van der Waals surface area contributed by atoms with E-state index in [1.54, 1.807) is 21.3 Å². The van der Waals surface area contributed by atoms with Crippen LogP contribution in [0.15, 0.2) is 12.1 Å². The highest BCUT2D eigenvalue weighted by Crippen LogP contribution is 2.45. The second kappa shape index (κ2) is 4.59. The van der Waals surface area contributed by atoms with Crippen molar-refractivity contribution in [1.29, 1.82) is 0 Å². The highest BCUT2D eigenvalue weighted by Gasteiger charge is 2.29. The van der Waals surface area contributed by atoms with Crippen LogP contribution in [0.5, 0.6) is 17.2 Å². The van der Waals surface area contributed by atoms with Crippen molar-refractivity contribution in [2.75, 3.05) is 27.9 Å². The third-order valence-electron chi connectivity index (χ3n) is 2.56. The molecule has 1 atom stereocenters. The molecule has 1 aromatic carbocycles. The van der Waals surface area contributed by atoms with Gasteiger partial charge in [-0.1, -0.05) is 0 Å². The highest BCUT2D eigenvalue weighted by molar-refractivity contribution is 5.58. The molecule has 5 heteroatoms. The maximum Gasteiger partial charge on any atom is 0.203 e. The first-order valence-electron chi connectivity index (χ1n) is 4.98. The number of hydrogen-bond donors (Lipinski definition) is 1. The summed E-state index contributed by atoms with van der Waals surface area (Å²) in [6, 6.07) is 3.83. The lowest BCUT2D eigenvalue weighted by atomic mass is 10.1. The van der Waals surface area contributed by atoms with Crippen LogP contribution in [-0.2, 0) is 4.84 Å². The molecule has 0 saturated carbocycles. The van der Waals surface area contributed by atoms with Crippen LogP contribution in [0, 0.1) is 0 Å². The number of benzene rings is 1. The Morgan fingerprint density at radius 3 is 2.69 bits per heavy atom. The summed E-state index contributed by atoms with van der Waals surface area (Å²) in [5.41, 5.74) is 3.88. The molecule has 0 bridgehead atoms. The molecule has 1 heterocycles. The van der Waals surface area contributed by atoms with Gasteiger partial charge in [0.2, 0.25) is 5.75 Å². The van der Waals surface area contributed by atoms with Gasteiger partial charge in [-0.3, -0.25) is 0 Å². The van der Waals surface area contributed by atoms with E-state index in [2.05, 4.69) is 5.48 Å². The molecule has 0 amide bonds. The molecule has 88 valence electrons. The van der Waals surface area contributed by atoms with Gasteiger partial charge in [0.15, 0.2) is 11.5 Å². The molecule has 16 heavy (non-hydrogen) atoms. The second-order valence-electron chi connectivity index (χ2n) is 3.40. The first-order valence-corrected chi connectivity index (χ1v) is 4.98. The van der Waals surface area contributed by atoms with Crippen molar-refractivity contribution in [3.05, 3.63) is 17.7 Å². The topological polar surface area (TPSA) is 49.0 Å². The van der Waals surface area contributed by atoms with Gasteiger partial charge in [-0.25, -0.2) is 0 Å². The van der Waals surface area contributed by atoms with E-state index >= 15 is 0 Å². The van der Waals surface area contributed by atoms with Crippen LogP contribution < -0.4 is 19.7 Å². The van der Waals surface area contributed by atoms with Gasteiger partial charge >= 0.3 is 0 Å². The summed E-state index contributed by atoms with van der Waals surface area (Å²) in [6.45, 7) is 0.521. The van der Waals surface area contributed by atoms with E-state index < -0.39 is 0 Å². The zero-order valence-electron chi connectivity index (χ0n) is 9.57. The molecule has 1 aliphatic heterocycles. The number of hydrogen-bond acceptors (Lipinski definition) is 5. The zero-order chi connectivity index (χ0) is 11.5. The molecule has 1 aliphatic rings. The lowest BCUT2D eigenvalue weighted by Gasteiger charge is -2.12. The number of hydroxylamine groups is 1. The van der Waals surface area contributed by atoms with Crippen LogP contribution in [0.25, 0.3) is 0 Å². The number of methoxy groups -OCH3 is 2. The molecule has 1 N–H and O–H groups in total. The van der Waals surface area contributed by atoms with E-state index in [0.717, 1.165) is 11.3 Å². The average molecular weight is 225 g/mol. The standard InChI is InChI=1S/C11H15NO4/c1-13-9-5-4-7-8(12-15-3)6-16-10(7)11(9)14-2/h4-5,8,12H,6H2,1-3H3. The lowest BCUT2D eigenvalue weighted by molar-refractivity contribution is 0.0535. The average Bonchev–Trinajstić information content (AvgIpc) is 2.72. The van der Waals surface area contributed by atoms with Crippen LogP contribution in [-0.4, -0.2) is 27.9 Å². The quantitative estimate of drug-likeness (QED) is 0.782. The summed E-state index contributed by atoms with van der Waals surface area (Å²) < 4.78 is 16.1. The molecule has 0 aromatic heterocycles. The molecule has 2 rings (SSSR count). The van der Waals surface area contributed by atoms with Crippen LogP contribution in [0.2, 0.25) is 0 Å². The van der Waals surface area contributed by atoms with E-state index in [9.17, 15) is 0 Å². The molecule has 1 aromatic rings. The smallest absolute Gasteiger partial charge is 0.203 e. The van der Waals surface area contributed by atoms with Crippen molar-refractivity contribution >= 4 is 0 Å². The van der Waals surface area contributed by atoms with Gasteiger partial charge in [0.05, 0.1) is 27.4 Å². The summed E-state index contributed by atoms with van der Waals surface area (Å²) >= 11 is 0. The SMILES string of the molecule is CONC1COc2c1ccc(OC)c2OC. The molecule has 0 saturated heterocycles. The van der Waals surface area contributed by atoms with Crippen LogP contribution in [0.3, 0.4) is 0 Å². The number of nitrogens with one attached hydrogen (secondary N) is 1. The minimum atomic E-state index is 0.0276. The van der Waals surface area contributed by atoms with E-state index in [4.69, 9.17) is 19.0 Å². The molecular formula is C11H15NO4. The van der Waals surface area contributed by atoms with Gasteiger partial charge < -0.3 is 19.0 Å². The summed E-state index contributed by atoms with van der Waals surface area (Å²) in [5.74, 6) is 2.01. The predicted molar refractivity (Wildman–Crippen MR) is 57.9 cm³/mol.